The molecule has 0 saturated heterocycles. The molecule has 25 heavy (non-hydrogen) atoms. The Balaban J connectivity index is 1.76. The zero-order valence-corrected chi connectivity index (χ0v) is 13.8. The molecular weight excluding hydrogens is 314 g/mol. The number of benzene rings is 2. The molecule has 2 aromatic heterocycles. The van der Waals surface area contributed by atoms with Crippen LogP contribution in [0, 0.1) is 0 Å². The van der Waals surface area contributed by atoms with Crippen molar-refractivity contribution in [1.29, 1.82) is 0 Å². The zero-order valence-electron chi connectivity index (χ0n) is 13.8. The molecule has 2 aromatic carbocycles. The molecule has 0 saturated carbocycles. The molecule has 0 unspecified atom stereocenters. The van der Waals surface area contributed by atoms with Gasteiger partial charge >= 0.3 is 0 Å². The van der Waals surface area contributed by atoms with Crippen LogP contribution in [-0.2, 0) is 6.42 Å². The van der Waals surface area contributed by atoms with E-state index in [0.717, 1.165) is 35.3 Å². The summed E-state index contributed by atoms with van der Waals surface area (Å²) in [6, 6.07) is 19.7. The van der Waals surface area contributed by atoms with Gasteiger partial charge < -0.3 is 9.05 Å². The third kappa shape index (κ3) is 2.96. The van der Waals surface area contributed by atoms with E-state index in [-0.39, 0.29) is 0 Å². The van der Waals surface area contributed by atoms with Gasteiger partial charge in [-0.2, -0.15) is 4.98 Å². The highest BCUT2D eigenvalue weighted by molar-refractivity contribution is 5.69. The first-order chi connectivity index (χ1) is 12.4. The lowest BCUT2D eigenvalue weighted by Crippen LogP contribution is -1.89. The molecule has 0 amide bonds. The van der Waals surface area contributed by atoms with Crippen molar-refractivity contribution in [3.05, 3.63) is 66.2 Å². The van der Waals surface area contributed by atoms with Gasteiger partial charge in [0.15, 0.2) is 11.5 Å². The molecule has 4 rings (SSSR count). The third-order valence-electron chi connectivity index (χ3n) is 3.98. The second-order valence-corrected chi connectivity index (χ2v) is 5.74. The lowest BCUT2D eigenvalue weighted by atomic mass is 10.0. The maximum absolute atomic E-state index is 5.63. The van der Waals surface area contributed by atoms with E-state index in [1.54, 1.807) is 0 Å². The fourth-order valence-electron chi connectivity index (χ4n) is 2.80. The highest BCUT2D eigenvalue weighted by Gasteiger charge is 2.23. The Bertz CT molecular complexity index is 959. The number of rotatable bonds is 5. The lowest BCUT2D eigenvalue weighted by molar-refractivity contribution is 0.411. The van der Waals surface area contributed by atoms with Crippen molar-refractivity contribution in [1.82, 2.24) is 15.3 Å². The van der Waals surface area contributed by atoms with Gasteiger partial charge in [0.2, 0.25) is 5.82 Å². The Kier molecular flexibility index (Phi) is 4.12. The molecule has 5 nitrogen and oxygen atoms in total. The molecule has 5 heteroatoms. The van der Waals surface area contributed by atoms with E-state index in [9.17, 15) is 0 Å². The standard InChI is InChI=1S/C20H17N3O2/c1-2-9-16-17(22-24-18(16)14-10-5-3-6-11-14)20-21-19(23-25-20)15-12-7-4-8-13-15/h3-8,10-13H,2,9H2,1H3. The van der Waals surface area contributed by atoms with Crippen LogP contribution in [0.2, 0.25) is 0 Å². The van der Waals surface area contributed by atoms with Crippen LogP contribution in [-0.4, -0.2) is 15.3 Å². The lowest BCUT2D eigenvalue weighted by Gasteiger charge is -2.00. The summed E-state index contributed by atoms with van der Waals surface area (Å²) < 4.78 is 11.1. The van der Waals surface area contributed by atoms with Gasteiger partial charge in [-0.15, -0.1) is 0 Å². The summed E-state index contributed by atoms with van der Waals surface area (Å²) in [6.07, 6.45) is 1.79. The summed E-state index contributed by atoms with van der Waals surface area (Å²) >= 11 is 0. The zero-order chi connectivity index (χ0) is 17.1. The van der Waals surface area contributed by atoms with Crippen molar-refractivity contribution in [3.63, 3.8) is 0 Å². The van der Waals surface area contributed by atoms with Crippen LogP contribution in [0.1, 0.15) is 18.9 Å². The van der Waals surface area contributed by atoms with E-state index in [4.69, 9.17) is 9.05 Å². The molecule has 0 aliphatic rings. The van der Waals surface area contributed by atoms with Crippen LogP contribution in [0.15, 0.2) is 69.7 Å². The minimum absolute atomic E-state index is 0.383. The minimum Gasteiger partial charge on any atom is -0.355 e. The van der Waals surface area contributed by atoms with Gasteiger partial charge in [0, 0.05) is 16.7 Å². The Morgan fingerprint density at radius 3 is 2.16 bits per heavy atom. The van der Waals surface area contributed by atoms with Crippen molar-refractivity contribution in [2.75, 3.05) is 0 Å². The maximum Gasteiger partial charge on any atom is 0.280 e. The maximum atomic E-state index is 5.63. The Labute approximate surface area is 145 Å². The van der Waals surface area contributed by atoms with E-state index < -0.39 is 0 Å². The third-order valence-corrected chi connectivity index (χ3v) is 3.98. The second-order valence-electron chi connectivity index (χ2n) is 5.74. The second kappa shape index (κ2) is 6.73. The molecule has 0 atom stereocenters. The summed E-state index contributed by atoms with van der Waals surface area (Å²) in [5.41, 5.74) is 3.51. The smallest absolute Gasteiger partial charge is 0.280 e. The van der Waals surface area contributed by atoms with Gasteiger partial charge in [-0.25, -0.2) is 0 Å². The van der Waals surface area contributed by atoms with Crippen molar-refractivity contribution < 1.29 is 9.05 Å². The highest BCUT2D eigenvalue weighted by atomic mass is 16.5. The highest BCUT2D eigenvalue weighted by Crippen LogP contribution is 2.33. The Morgan fingerprint density at radius 2 is 1.48 bits per heavy atom. The first-order valence-corrected chi connectivity index (χ1v) is 8.30. The van der Waals surface area contributed by atoms with Crippen LogP contribution in [0.5, 0.6) is 0 Å². The van der Waals surface area contributed by atoms with Crippen LogP contribution >= 0.6 is 0 Å². The van der Waals surface area contributed by atoms with Gasteiger partial charge in [-0.05, 0) is 6.42 Å². The normalized spacial score (nSPS) is 10.9. The summed E-state index contributed by atoms with van der Waals surface area (Å²) in [5.74, 6) is 1.69. The largest absolute Gasteiger partial charge is 0.355 e. The van der Waals surface area contributed by atoms with Crippen molar-refractivity contribution in [3.8, 4) is 34.3 Å². The minimum atomic E-state index is 0.383. The van der Waals surface area contributed by atoms with E-state index in [1.807, 2.05) is 60.7 Å². The SMILES string of the molecule is CCCc1c(-c2nc(-c3ccccc3)no2)noc1-c1ccccc1. The number of aromatic nitrogens is 3. The van der Waals surface area contributed by atoms with Crippen LogP contribution in [0.3, 0.4) is 0 Å². The van der Waals surface area contributed by atoms with Crippen molar-refractivity contribution >= 4 is 0 Å². The van der Waals surface area contributed by atoms with Crippen LogP contribution < -0.4 is 0 Å². The molecule has 2 heterocycles. The Morgan fingerprint density at radius 1 is 0.800 bits per heavy atom. The van der Waals surface area contributed by atoms with Gasteiger partial charge in [0.25, 0.3) is 5.89 Å². The molecule has 0 fully saturated rings. The van der Waals surface area contributed by atoms with E-state index in [0.29, 0.717) is 17.4 Å². The summed E-state index contributed by atoms with van der Waals surface area (Å²) in [7, 11) is 0. The van der Waals surface area contributed by atoms with Crippen LogP contribution in [0.4, 0.5) is 0 Å². The first-order valence-electron chi connectivity index (χ1n) is 8.30. The predicted octanol–water partition coefficient (Wildman–Crippen LogP) is 5.01. The average molecular weight is 331 g/mol. The topological polar surface area (TPSA) is 65.0 Å². The average Bonchev–Trinajstić information content (AvgIpc) is 3.31. The van der Waals surface area contributed by atoms with Crippen LogP contribution in [0.25, 0.3) is 34.3 Å². The van der Waals surface area contributed by atoms with Crippen molar-refractivity contribution in [2.24, 2.45) is 0 Å². The molecule has 0 N–H and O–H groups in total. The van der Waals surface area contributed by atoms with Gasteiger partial charge in [-0.1, -0.05) is 84.3 Å². The number of hydrogen-bond acceptors (Lipinski definition) is 5. The Hall–Kier alpha value is -3.21. The molecule has 4 aromatic rings. The first kappa shape index (κ1) is 15.3. The van der Waals surface area contributed by atoms with Gasteiger partial charge in [-0.3, -0.25) is 0 Å². The molecular formula is C20H17N3O2. The monoisotopic (exact) mass is 331 g/mol. The van der Waals surface area contributed by atoms with E-state index >= 15 is 0 Å². The van der Waals surface area contributed by atoms with Gasteiger partial charge in [0.1, 0.15) is 0 Å². The fraction of sp³-hybridized carbons (Fsp3) is 0.150. The fourth-order valence-corrected chi connectivity index (χ4v) is 2.80. The molecule has 0 bridgehead atoms. The predicted molar refractivity (Wildman–Crippen MR) is 94.7 cm³/mol. The molecule has 0 radical (unpaired) electrons. The van der Waals surface area contributed by atoms with Crippen molar-refractivity contribution in [2.45, 2.75) is 19.8 Å². The van der Waals surface area contributed by atoms with E-state index in [2.05, 4.69) is 22.2 Å². The molecule has 124 valence electrons. The molecule has 0 aliphatic heterocycles. The van der Waals surface area contributed by atoms with Gasteiger partial charge in [0.05, 0.1) is 0 Å². The summed E-state index contributed by atoms with van der Waals surface area (Å²) in [5, 5.41) is 8.30. The number of nitrogens with zero attached hydrogens (tertiary/aromatic N) is 3. The summed E-state index contributed by atoms with van der Waals surface area (Å²) in [6.45, 7) is 2.12. The number of hydrogen-bond donors (Lipinski definition) is 0. The van der Waals surface area contributed by atoms with E-state index in [1.165, 1.54) is 0 Å². The molecule has 0 aliphatic carbocycles. The summed E-state index contributed by atoms with van der Waals surface area (Å²) in [4.78, 5) is 4.50. The quantitative estimate of drug-likeness (QED) is 0.514. The molecule has 0 spiro atoms.